The van der Waals surface area contributed by atoms with Crippen molar-refractivity contribution in [1.82, 2.24) is 0 Å². The SMILES string of the molecule is CCc1ccc(N2C(=O)C(SC(C)C)=C(c3ccc(Cl)cc3Cl)C2=O)cc1. The Morgan fingerprint density at radius 3 is 2.22 bits per heavy atom. The summed E-state index contributed by atoms with van der Waals surface area (Å²) in [6.07, 6.45) is 0.889. The predicted octanol–water partition coefficient (Wildman–Crippen LogP) is 5.98. The van der Waals surface area contributed by atoms with Crippen LogP contribution in [0, 0.1) is 0 Å². The molecule has 0 aromatic heterocycles. The van der Waals surface area contributed by atoms with Gasteiger partial charge in [-0.1, -0.05) is 62.2 Å². The zero-order valence-corrected chi connectivity index (χ0v) is 17.6. The maximum absolute atomic E-state index is 13.2. The molecule has 0 unspecified atom stereocenters. The molecule has 0 saturated heterocycles. The molecule has 0 bridgehead atoms. The predicted molar refractivity (Wildman–Crippen MR) is 114 cm³/mol. The summed E-state index contributed by atoms with van der Waals surface area (Å²) in [6.45, 7) is 6.02. The molecule has 0 aliphatic carbocycles. The molecule has 1 heterocycles. The van der Waals surface area contributed by atoms with Crippen LogP contribution in [0.5, 0.6) is 0 Å². The van der Waals surface area contributed by atoms with Gasteiger partial charge in [0, 0.05) is 15.8 Å². The fourth-order valence-corrected chi connectivity index (χ4v) is 4.38. The molecule has 6 heteroatoms. The second kappa shape index (κ2) is 8.09. The van der Waals surface area contributed by atoms with E-state index in [4.69, 9.17) is 23.2 Å². The van der Waals surface area contributed by atoms with E-state index in [2.05, 4.69) is 6.92 Å². The topological polar surface area (TPSA) is 37.4 Å². The second-order valence-corrected chi connectivity index (χ2v) is 8.89. The van der Waals surface area contributed by atoms with Gasteiger partial charge in [0.15, 0.2) is 0 Å². The van der Waals surface area contributed by atoms with Gasteiger partial charge in [-0.05, 0) is 36.2 Å². The van der Waals surface area contributed by atoms with E-state index in [1.165, 1.54) is 16.7 Å². The molecule has 0 fully saturated rings. The van der Waals surface area contributed by atoms with E-state index >= 15 is 0 Å². The number of rotatable bonds is 5. The molecule has 140 valence electrons. The molecule has 0 N–H and O–H groups in total. The molecule has 2 aromatic carbocycles. The Bertz CT molecular complexity index is 936. The van der Waals surface area contributed by atoms with Crippen molar-refractivity contribution in [3.8, 4) is 0 Å². The first-order chi connectivity index (χ1) is 12.8. The van der Waals surface area contributed by atoms with Crippen molar-refractivity contribution in [2.45, 2.75) is 32.4 Å². The largest absolute Gasteiger partial charge is 0.272 e. The number of nitrogens with zero attached hydrogens (tertiary/aromatic N) is 1. The lowest BCUT2D eigenvalue weighted by Crippen LogP contribution is -2.31. The molecule has 27 heavy (non-hydrogen) atoms. The molecule has 0 saturated carbocycles. The van der Waals surface area contributed by atoms with Crippen molar-refractivity contribution in [3.63, 3.8) is 0 Å². The molecule has 1 aliphatic rings. The number of thioether (sulfide) groups is 1. The fraction of sp³-hybridized carbons (Fsp3) is 0.238. The monoisotopic (exact) mass is 419 g/mol. The number of amides is 2. The van der Waals surface area contributed by atoms with Crippen LogP contribution >= 0.6 is 35.0 Å². The van der Waals surface area contributed by atoms with Crippen LogP contribution in [0.2, 0.25) is 10.0 Å². The molecule has 0 radical (unpaired) electrons. The van der Waals surface area contributed by atoms with Crippen LogP contribution in [0.15, 0.2) is 47.4 Å². The summed E-state index contributed by atoms with van der Waals surface area (Å²) in [5, 5.41) is 0.968. The van der Waals surface area contributed by atoms with Gasteiger partial charge in [-0.2, -0.15) is 0 Å². The molecule has 2 amide bonds. The zero-order chi connectivity index (χ0) is 19.7. The van der Waals surface area contributed by atoms with Crippen LogP contribution in [0.4, 0.5) is 5.69 Å². The van der Waals surface area contributed by atoms with Gasteiger partial charge < -0.3 is 0 Å². The Hall–Kier alpha value is -1.75. The Morgan fingerprint density at radius 1 is 1.00 bits per heavy atom. The Morgan fingerprint density at radius 2 is 1.67 bits per heavy atom. The van der Waals surface area contributed by atoms with Crippen molar-refractivity contribution in [2.75, 3.05) is 4.90 Å². The van der Waals surface area contributed by atoms with Crippen molar-refractivity contribution in [3.05, 3.63) is 68.5 Å². The molecular weight excluding hydrogens is 401 g/mol. The zero-order valence-electron chi connectivity index (χ0n) is 15.3. The minimum Gasteiger partial charge on any atom is -0.268 e. The number of carbonyl (C=O) groups excluding carboxylic acids is 2. The smallest absolute Gasteiger partial charge is 0.268 e. The van der Waals surface area contributed by atoms with Gasteiger partial charge in [0.1, 0.15) is 0 Å². The number of imide groups is 1. The number of hydrogen-bond donors (Lipinski definition) is 0. The fourth-order valence-electron chi connectivity index (χ4n) is 2.90. The maximum Gasteiger partial charge on any atom is 0.272 e. The maximum atomic E-state index is 13.2. The van der Waals surface area contributed by atoms with Gasteiger partial charge in [-0.25, -0.2) is 4.90 Å². The number of aryl methyl sites for hydroxylation is 1. The lowest BCUT2D eigenvalue weighted by atomic mass is 10.1. The molecule has 3 nitrogen and oxygen atoms in total. The summed E-state index contributed by atoms with van der Waals surface area (Å²) in [4.78, 5) is 28.0. The van der Waals surface area contributed by atoms with E-state index in [1.54, 1.807) is 30.3 Å². The Kier molecular flexibility index (Phi) is 5.99. The lowest BCUT2D eigenvalue weighted by molar-refractivity contribution is -0.119. The minimum absolute atomic E-state index is 0.139. The lowest BCUT2D eigenvalue weighted by Gasteiger charge is -2.16. The highest BCUT2D eigenvalue weighted by atomic mass is 35.5. The average Bonchev–Trinajstić information content (AvgIpc) is 2.85. The van der Waals surface area contributed by atoms with Gasteiger partial charge in [0.25, 0.3) is 11.8 Å². The number of benzene rings is 2. The standard InChI is InChI=1S/C21H19Cl2NO2S/c1-4-13-5-8-15(9-6-13)24-20(25)18(19(21(24)26)27-12(2)3)16-10-7-14(22)11-17(16)23/h5-12H,4H2,1-3H3. The minimum atomic E-state index is -0.364. The van der Waals surface area contributed by atoms with Crippen LogP contribution < -0.4 is 4.90 Å². The van der Waals surface area contributed by atoms with Crippen LogP contribution in [0.1, 0.15) is 31.9 Å². The van der Waals surface area contributed by atoms with Crippen LogP contribution in [-0.2, 0) is 16.0 Å². The third-order valence-corrected chi connectivity index (χ3v) is 5.83. The Balaban J connectivity index is 2.11. The molecule has 0 spiro atoms. The van der Waals surface area contributed by atoms with Crippen LogP contribution in [0.3, 0.4) is 0 Å². The highest BCUT2D eigenvalue weighted by Gasteiger charge is 2.41. The highest BCUT2D eigenvalue weighted by Crippen LogP contribution is 2.42. The van der Waals surface area contributed by atoms with E-state index in [-0.39, 0.29) is 17.1 Å². The van der Waals surface area contributed by atoms with Crippen molar-refractivity contribution >= 4 is 58.0 Å². The van der Waals surface area contributed by atoms with Gasteiger partial charge in [-0.15, -0.1) is 11.8 Å². The summed E-state index contributed by atoms with van der Waals surface area (Å²) < 4.78 is 0. The molecular formula is C21H19Cl2NO2S. The van der Waals surface area contributed by atoms with Crippen LogP contribution in [0.25, 0.3) is 5.57 Å². The van der Waals surface area contributed by atoms with Gasteiger partial charge >= 0.3 is 0 Å². The molecule has 2 aromatic rings. The number of carbonyl (C=O) groups is 2. The normalized spacial score (nSPS) is 14.7. The number of hydrogen-bond acceptors (Lipinski definition) is 3. The van der Waals surface area contributed by atoms with Gasteiger partial charge in [-0.3, -0.25) is 9.59 Å². The van der Waals surface area contributed by atoms with E-state index < -0.39 is 0 Å². The summed E-state index contributed by atoms with van der Waals surface area (Å²) in [6, 6.07) is 12.4. The first kappa shape index (κ1) is 20.0. The van der Waals surface area contributed by atoms with Crippen LogP contribution in [-0.4, -0.2) is 17.1 Å². The quantitative estimate of drug-likeness (QED) is 0.559. The van der Waals surface area contributed by atoms with E-state index in [1.807, 2.05) is 26.0 Å². The van der Waals surface area contributed by atoms with Crippen molar-refractivity contribution < 1.29 is 9.59 Å². The summed E-state index contributed by atoms with van der Waals surface area (Å²) >= 11 is 13.7. The number of halogens is 2. The first-order valence-corrected chi connectivity index (χ1v) is 10.3. The third kappa shape index (κ3) is 3.93. The average molecular weight is 420 g/mol. The molecule has 1 aliphatic heterocycles. The van der Waals surface area contributed by atoms with Gasteiger partial charge in [0.05, 0.1) is 21.2 Å². The summed E-state index contributed by atoms with van der Waals surface area (Å²) in [5.74, 6) is -0.680. The van der Waals surface area contributed by atoms with E-state index in [0.29, 0.717) is 31.8 Å². The van der Waals surface area contributed by atoms with E-state index in [9.17, 15) is 9.59 Å². The summed E-state index contributed by atoms with van der Waals surface area (Å²) in [5.41, 5.74) is 2.56. The highest BCUT2D eigenvalue weighted by molar-refractivity contribution is 8.04. The van der Waals surface area contributed by atoms with Gasteiger partial charge in [0.2, 0.25) is 0 Å². The Labute approximate surface area is 173 Å². The van der Waals surface area contributed by atoms with Crippen molar-refractivity contribution in [2.24, 2.45) is 0 Å². The van der Waals surface area contributed by atoms with E-state index in [0.717, 1.165) is 12.0 Å². The summed E-state index contributed by atoms with van der Waals surface area (Å²) in [7, 11) is 0. The molecule has 3 rings (SSSR count). The second-order valence-electron chi connectivity index (χ2n) is 6.46. The third-order valence-electron chi connectivity index (χ3n) is 4.20. The number of anilines is 1. The first-order valence-electron chi connectivity index (χ1n) is 8.67. The molecule has 0 atom stereocenters. The van der Waals surface area contributed by atoms with Crippen molar-refractivity contribution in [1.29, 1.82) is 0 Å².